The highest BCUT2D eigenvalue weighted by Crippen LogP contribution is 2.15. The molecule has 0 unspecified atom stereocenters. The molecule has 4 rings (SSSR count). The zero-order chi connectivity index (χ0) is 14.4. The lowest BCUT2D eigenvalue weighted by Gasteiger charge is -1.99. The van der Waals surface area contributed by atoms with Gasteiger partial charge < -0.3 is 10.8 Å². The number of hydrogen-bond acceptors (Lipinski definition) is 2. The zero-order valence-electron chi connectivity index (χ0n) is 11.1. The standard InChI is InChI=1S/C15H13N5O/c16-20-14-11-7-3-4-8-12(11)17-15(21)10-6-2-1-5-9(10)13(14)18-19-20/h1-8,18-19H,16H2,(H,17,21). The van der Waals surface area contributed by atoms with Gasteiger partial charge in [-0.25, -0.2) is 5.21 Å². The van der Waals surface area contributed by atoms with Gasteiger partial charge in [-0.3, -0.25) is 9.89 Å². The van der Waals surface area contributed by atoms with E-state index < -0.39 is 0 Å². The number of hydrogen-bond donors (Lipinski definition) is 4. The number of benzene rings is 2. The van der Waals surface area contributed by atoms with E-state index in [1.165, 1.54) is 4.79 Å². The van der Waals surface area contributed by atoms with Gasteiger partial charge in [-0.1, -0.05) is 36.4 Å². The van der Waals surface area contributed by atoms with Crippen molar-refractivity contribution in [1.82, 2.24) is 20.1 Å². The summed E-state index contributed by atoms with van der Waals surface area (Å²) in [6, 6.07) is 15.0. The normalized spacial score (nSPS) is 11.2. The van der Waals surface area contributed by atoms with Gasteiger partial charge in [0.1, 0.15) is 5.35 Å². The largest absolute Gasteiger partial charge is 0.323 e. The first-order valence-electron chi connectivity index (χ1n) is 6.56. The van der Waals surface area contributed by atoms with E-state index in [2.05, 4.69) is 15.3 Å². The Morgan fingerprint density at radius 3 is 2.38 bits per heavy atom. The predicted molar refractivity (Wildman–Crippen MR) is 81.8 cm³/mol. The third-order valence-corrected chi connectivity index (χ3v) is 3.65. The highest BCUT2D eigenvalue weighted by molar-refractivity contribution is 5.85. The number of rotatable bonds is 0. The van der Waals surface area contributed by atoms with Gasteiger partial charge in [-0.15, -0.1) is 0 Å². The SMILES string of the molecule is Nn1[nH][nH]c2c3ccccc3c(=O)[nH]c3ccccc3c1=2. The maximum absolute atomic E-state index is 12.5. The van der Waals surface area contributed by atoms with E-state index >= 15 is 0 Å². The summed E-state index contributed by atoms with van der Waals surface area (Å²) in [5.74, 6) is 6.01. The third-order valence-electron chi connectivity index (χ3n) is 3.65. The van der Waals surface area contributed by atoms with Gasteiger partial charge in [-0.2, -0.15) is 4.79 Å². The Labute approximate surface area is 118 Å². The predicted octanol–water partition coefficient (Wildman–Crippen LogP) is 1.70. The second kappa shape index (κ2) is 4.17. The highest BCUT2D eigenvalue weighted by atomic mass is 16.1. The maximum Gasteiger partial charge on any atom is 0.256 e. The zero-order valence-corrected chi connectivity index (χ0v) is 11.1. The first-order chi connectivity index (χ1) is 10.3. The fourth-order valence-electron chi connectivity index (χ4n) is 2.70. The van der Waals surface area contributed by atoms with Crippen molar-refractivity contribution in [2.45, 2.75) is 0 Å². The minimum atomic E-state index is -0.137. The van der Waals surface area contributed by atoms with Crippen LogP contribution in [0.4, 0.5) is 0 Å². The van der Waals surface area contributed by atoms with Crippen LogP contribution in [0.1, 0.15) is 0 Å². The Hall–Kier alpha value is -3.15. The minimum Gasteiger partial charge on any atom is -0.323 e. The van der Waals surface area contributed by atoms with Gasteiger partial charge >= 0.3 is 0 Å². The number of nitrogens with two attached hydrogens (primary N) is 1. The fourth-order valence-corrected chi connectivity index (χ4v) is 2.70. The topological polar surface area (TPSA) is 95.4 Å². The molecular weight excluding hydrogens is 266 g/mol. The van der Waals surface area contributed by atoms with Crippen molar-refractivity contribution in [1.29, 1.82) is 0 Å². The van der Waals surface area contributed by atoms with Crippen LogP contribution in [-0.2, 0) is 0 Å². The van der Waals surface area contributed by atoms with E-state index in [4.69, 9.17) is 5.84 Å². The Kier molecular flexibility index (Phi) is 2.32. The molecule has 2 aromatic carbocycles. The lowest BCUT2D eigenvalue weighted by molar-refractivity contribution is 0.749. The molecule has 0 saturated heterocycles. The monoisotopic (exact) mass is 279 g/mol. The third kappa shape index (κ3) is 1.62. The van der Waals surface area contributed by atoms with Crippen molar-refractivity contribution in [3.8, 4) is 0 Å². The smallest absolute Gasteiger partial charge is 0.256 e. The first kappa shape index (κ1) is 11.7. The quantitative estimate of drug-likeness (QED) is 0.369. The lowest BCUT2D eigenvalue weighted by Crippen LogP contribution is -2.11. The van der Waals surface area contributed by atoms with Gasteiger partial charge in [0.15, 0.2) is 0 Å². The number of aromatic nitrogens is 4. The summed E-state index contributed by atoms with van der Waals surface area (Å²) in [7, 11) is 0. The molecule has 2 aliphatic heterocycles. The van der Waals surface area contributed by atoms with E-state index in [0.717, 1.165) is 27.0 Å². The van der Waals surface area contributed by atoms with Gasteiger partial charge in [-0.05, 0) is 12.1 Å². The summed E-state index contributed by atoms with van der Waals surface area (Å²) < 4.78 is 0. The maximum atomic E-state index is 12.5. The van der Waals surface area contributed by atoms with Crippen molar-refractivity contribution in [2.75, 3.05) is 5.84 Å². The van der Waals surface area contributed by atoms with E-state index in [9.17, 15) is 4.79 Å². The Morgan fingerprint density at radius 1 is 0.905 bits per heavy atom. The molecule has 2 heterocycles. The number of nitrogens with zero attached hydrogens (tertiary/aromatic N) is 1. The van der Waals surface area contributed by atoms with Crippen molar-refractivity contribution < 1.29 is 0 Å². The van der Waals surface area contributed by atoms with Crippen LogP contribution in [0.2, 0.25) is 0 Å². The molecule has 0 aromatic heterocycles. The van der Waals surface area contributed by atoms with Crippen LogP contribution < -0.4 is 11.4 Å². The molecule has 2 aromatic rings. The number of nitrogens with one attached hydrogen (secondary N) is 3. The van der Waals surface area contributed by atoms with Crippen LogP contribution >= 0.6 is 0 Å². The second-order valence-electron chi connectivity index (χ2n) is 4.88. The average molecular weight is 279 g/mol. The summed E-state index contributed by atoms with van der Waals surface area (Å²) in [5, 5.41) is 9.75. The molecular formula is C15H13N5O. The average Bonchev–Trinajstić information content (AvgIpc) is 2.88. The molecule has 0 atom stereocenters. The summed E-state index contributed by atoms with van der Waals surface area (Å²) in [6.45, 7) is 0. The van der Waals surface area contributed by atoms with Crippen LogP contribution in [0.3, 0.4) is 0 Å². The molecule has 0 aliphatic carbocycles. The molecule has 5 N–H and O–H groups in total. The highest BCUT2D eigenvalue weighted by Gasteiger charge is 2.05. The first-order valence-corrected chi connectivity index (χ1v) is 6.56. The summed E-state index contributed by atoms with van der Waals surface area (Å²) >= 11 is 0. The van der Waals surface area contributed by atoms with E-state index in [-0.39, 0.29) is 5.56 Å². The van der Waals surface area contributed by atoms with Gasteiger partial charge in [0.25, 0.3) is 5.56 Å². The van der Waals surface area contributed by atoms with Crippen molar-refractivity contribution in [3.05, 3.63) is 69.6 Å². The van der Waals surface area contributed by atoms with Crippen LogP contribution in [0.25, 0.3) is 21.7 Å². The molecule has 104 valence electrons. The lowest BCUT2D eigenvalue weighted by atomic mass is 10.1. The minimum absolute atomic E-state index is 0.137. The van der Waals surface area contributed by atoms with Gasteiger partial charge in [0.2, 0.25) is 0 Å². The van der Waals surface area contributed by atoms with E-state index in [1.807, 2.05) is 42.5 Å². The molecule has 6 nitrogen and oxygen atoms in total. The molecule has 0 spiro atoms. The molecule has 0 fully saturated rings. The van der Waals surface area contributed by atoms with Crippen LogP contribution in [0, 0.1) is 10.7 Å². The second-order valence-corrected chi connectivity index (χ2v) is 4.88. The van der Waals surface area contributed by atoms with Crippen molar-refractivity contribution in [3.63, 3.8) is 0 Å². The van der Waals surface area contributed by atoms with Gasteiger partial charge in [0.05, 0.1) is 10.9 Å². The number of nitrogen functional groups attached to an aromatic ring is 1. The molecule has 0 saturated carbocycles. The van der Waals surface area contributed by atoms with E-state index in [1.54, 1.807) is 6.07 Å². The molecule has 0 radical (unpaired) electrons. The molecule has 6 heteroatoms. The molecule has 0 amide bonds. The fraction of sp³-hybridized carbons (Fsp3) is 0. The van der Waals surface area contributed by atoms with Crippen LogP contribution in [-0.4, -0.2) is 20.1 Å². The summed E-state index contributed by atoms with van der Waals surface area (Å²) in [6.07, 6.45) is 0. The summed E-state index contributed by atoms with van der Waals surface area (Å²) in [4.78, 5) is 16.8. The summed E-state index contributed by atoms with van der Waals surface area (Å²) in [5.41, 5.74) is 0.590. The van der Waals surface area contributed by atoms with Crippen molar-refractivity contribution in [2.24, 2.45) is 0 Å². The number of H-pyrrole nitrogens is 3. The van der Waals surface area contributed by atoms with E-state index in [0.29, 0.717) is 5.39 Å². The molecule has 21 heavy (non-hydrogen) atoms. The van der Waals surface area contributed by atoms with Crippen molar-refractivity contribution >= 4 is 21.7 Å². The molecule has 2 aliphatic rings. The number of aromatic amines is 3. The number of para-hydroxylation sites is 1. The Morgan fingerprint density at radius 2 is 1.57 bits per heavy atom. The Bertz CT molecular complexity index is 1130. The number of fused-ring (bicyclic) bond motifs is 4. The Balaban J connectivity index is 2.56. The van der Waals surface area contributed by atoms with Gasteiger partial charge in [0, 0.05) is 16.2 Å². The van der Waals surface area contributed by atoms with Crippen LogP contribution in [0.15, 0.2) is 53.3 Å². The van der Waals surface area contributed by atoms with Crippen LogP contribution in [0.5, 0.6) is 0 Å². The molecule has 0 bridgehead atoms.